The number of para-hydroxylation sites is 2. The van der Waals surface area contributed by atoms with Gasteiger partial charge in [0.15, 0.2) is 0 Å². The fraction of sp³-hybridized carbons (Fsp3) is 0.176. The van der Waals surface area contributed by atoms with Gasteiger partial charge in [-0.1, -0.05) is 24.3 Å². The van der Waals surface area contributed by atoms with Gasteiger partial charge in [0.2, 0.25) is 0 Å². The van der Waals surface area contributed by atoms with E-state index in [0.29, 0.717) is 11.1 Å². The molecule has 0 saturated carbocycles. The Morgan fingerprint density at radius 3 is 1.56 bits per heavy atom. The molecule has 27 heavy (non-hydrogen) atoms. The standard InChI is InChI=1S/C17H18N6O4/c1-20(18-11-14-7-3-5-9-16(14)22(24)25)13-21(2)19-12-15-8-4-6-10-17(15)23(26)27/h3-12H,13H2,1-2H3/b18-11+,19-12?. The van der Waals surface area contributed by atoms with Crippen LogP contribution in [0.5, 0.6) is 0 Å². The lowest BCUT2D eigenvalue weighted by molar-refractivity contribution is -0.385. The monoisotopic (exact) mass is 370 g/mol. The molecule has 0 aliphatic rings. The summed E-state index contributed by atoms with van der Waals surface area (Å²) in [4.78, 5) is 21.1. The molecule has 0 amide bonds. The third-order valence-electron chi connectivity index (χ3n) is 3.46. The van der Waals surface area contributed by atoms with E-state index in [1.165, 1.54) is 34.6 Å². The maximum absolute atomic E-state index is 11.0. The van der Waals surface area contributed by atoms with Gasteiger partial charge in [0.1, 0.15) is 6.67 Å². The van der Waals surface area contributed by atoms with Crippen molar-refractivity contribution in [3.8, 4) is 0 Å². The highest BCUT2D eigenvalue weighted by Gasteiger charge is 2.11. The van der Waals surface area contributed by atoms with Gasteiger partial charge in [-0.15, -0.1) is 0 Å². The minimum atomic E-state index is -0.468. The Morgan fingerprint density at radius 1 is 0.815 bits per heavy atom. The van der Waals surface area contributed by atoms with Crippen LogP contribution in [-0.4, -0.2) is 53.1 Å². The molecule has 0 aromatic heterocycles. The lowest BCUT2D eigenvalue weighted by Gasteiger charge is -2.19. The molecule has 2 aromatic carbocycles. The summed E-state index contributed by atoms with van der Waals surface area (Å²) in [6.45, 7) is 0.272. The zero-order valence-electron chi connectivity index (χ0n) is 14.8. The van der Waals surface area contributed by atoms with Crippen molar-refractivity contribution in [3.63, 3.8) is 0 Å². The molecular weight excluding hydrogens is 352 g/mol. The molecule has 0 aliphatic heterocycles. The van der Waals surface area contributed by atoms with Gasteiger partial charge in [-0.3, -0.25) is 30.2 Å². The van der Waals surface area contributed by atoms with Crippen LogP contribution in [0, 0.1) is 20.2 Å². The average molecular weight is 370 g/mol. The summed E-state index contributed by atoms with van der Waals surface area (Å²) < 4.78 is 0. The van der Waals surface area contributed by atoms with E-state index >= 15 is 0 Å². The quantitative estimate of drug-likeness (QED) is 0.305. The molecule has 0 N–H and O–H groups in total. The fourth-order valence-corrected chi connectivity index (χ4v) is 2.22. The van der Waals surface area contributed by atoms with Crippen molar-refractivity contribution in [2.75, 3.05) is 20.8 Å². The molecule has 0 atom stereocenters. The third kappa shape index (κ3) is 5.59. The van der Waals surface area contributed by atoms with Crippen LogP contribution in [0.1, 0.15) is 11.1 Å². The highest BCUT2D eigenvalue weighted by molar-refractivity contribution is 5.85. The van der Waals surface area contributed by atoms with Crippen LogP contribution in [0.4, 0.5) is 11.4 Å². The summed E-state index contributed by atoms with van der Waals surface area (Å²) in [6.07, 6.45) is 2.80. The van der Waals surface area contributed by atoms with E-state index < -0.39 is 9.85 Å². The van der Waals surface area contributed by atoms with Crippen LogP contribution in [0.2, 0.25) is 0 Å². The maximum Gasteiger partial charge on any atom is 0.278 e. The summed E-state index contributed by atoms with van der Waals surface area (Å²) in [5.41, 5.74) is 0.718. The first-order valence-corrected chi connectivity index (χ1v) is 7.85. The Morgan fingerprint density at radius 2 is 1.19 bits per heavy atom. The van der Waals surface area contributed by atoms with Crippen LogP contribution in [-0.2, 0) is 0 Å². The highest BCUT2D eigenvalue weighted by Crippen LogP contribution is 2.16. The molecule has 0 unspecified atom stereocenters. The van der Waals surface area contributed by atoms with Gasteiger partial charge >= 0.3 is 0 Å². The van der Waals surface area contributed by atoms with E-state index in [1.54, 1.807) is 50.5 Å². The minimum absolute atomic E-state index is 0.0302. The second-order valence-electron chi connectivity index (χ2n) is 5.58. The summed E-state index contributed by atoms with van der Waals surface area (Å²) in [5.74, 6) is 0. The van der Waals surface area contributed by atoms with Crippen molar-refractivity contribution >= 4 is 23.8 Å². The van der Waals surface area contributed by atoms with E-state index in [9.17, 15) is 20.2 Å². The van der Waals surface area contributed by atoms with E-state index in [1.807, 2.05) is 0 Å². The van der Waals surface area contributed by atoms with Crippen molar-refractivity contribution in [2.45, 2.75) is 0 Å². The second-order valence-corrected chi connectivity index (χ2v) is 5.58. The lowest BCUT2D eigenvalue weighted by Crippen LogP contribution is -2.26. The number of benzene rings is 2. The summed E-state index contributed by atoms with van der Waals surface area (Å²) in [7, 11) is 3.37. The number of rotatable bonds is 8. The molecule has 0 radical (unpaired) electrons. The number of hydrogen-bond acceptors (Lipinski definition) is 8. The number of nitrogens with zero attached hydrogens (tertiary/aromatic N) is 6. The maximum atomic E-state index is 11.0. The van der Waals surface area contributed by atoms with Crippen molar-refractivity contribution in [2.24, 2.45) is 10.2 Å². The third-order valence-corrected chi connectivity index (χ3v) is 3.46. The van der Waals surface area contributed by atoms with Crippen molar-refractivity contribution in [3.05, 3.63) is 79.9 Å². The molecule has 0 bridgehead atoms. The van der Waals surface area contributed by atoms with Crippen molar-refractivity contribution < 1.29 is 9.85 Å². The SMILES string of the molecule is CN(CN(C)/N=C/c1ccccc1[N+](=O)[O-])N=Cc1ccccc1[N+](=O)[O-]. The van der Waals surface area contributed by atoms with Crippen LogP contribution in [0.25, 0.3) is 0 Å². The predicted molar refractivity (Wildman–Crippen MR) is 102 cm³/mol. The first kappa shape index (κ1) is 19.5. The Kier molecular flexibility index (Phi) is 6.53. The van der Waals surface area contributed by atoms with Crippen molar-refractivity contribution in [1.82, 2.24) is 10.0 Å². The Bertz CT molecular complexity index is 812. The highest BCUT2D eigenvalue weighted by atomic mass is 16.6. The van der Waals surface area contributed by atoms with Gasteiger partial charge in [-0.25, -0.2) is 0 Å². The Labute approximate surface area is 155 Å². The molecule has 2 rings (SSSR count). The lowest BCUT2D eigenvalue weighted by atomic mass is 10.2. The van der Waals surface area contributed by atoms with Gasteiger partial charge in [-0.2, -0.15) is 10.2 Å². The number of hydrazone groups is 2. The molecule has 140 valence electrons. The predicted octanol–water partition coefficient (Wildman–Crippen LogP) is 2.69. The number of hydrogen-bond donors (Lipinski definition) is 0. The molecule has 0 fully saturated rings. The molecular formula is C17H18N6O4. The average Bonchev–Trinajstić information content (AvgIpc) is 2.65. The van der Waals surface area contributed by atoms with Crippen LogP contribution in [0.15, 0.2) is 58.7 Å². The fourth-order valence-electron chi connectivity index (χ4n) is 2.22. The van der Waals surface area contributed by atoms with Crippen LogP contribution in [0.3, 0.4) is 0 Å². The van der Waals surface area contributed by atoms with E-state index in [-0.39, 0.29) is 18.0 Å². The molecule has 0 heterocycles. The zero-order chi connectivity index (χ0) is 19.8. The first-order valence-electron chi connectivity index (χ1n) is 7.85. The van der Waals surface area contributed by atoms with Crippen molar-refractivity contribution in [1.29, 1.82) is 0 Å². The molecule has 10 nitrogen and oxygen atoms in total. The molecule has 10 heteroatoms. The summed E-state index contributed by atoms with van der Waals surface area (Å²) in [6, 6.07) is 12.6. The minimum Gasteiger partial charge on any atom is -0.279 e. The van der Waals surface area contributed by atoms with Gasteiger partial charge in [0, 0.05) is 26.2 Å². The molecule has 2 aromatic rings. The molecule has 0 spiro atoms. The van der Waals surface area contributed by atoms with Gasteiger partial charge in [0.25, 0.3) is 11.4 Å². The smallest absolute Gasteiger partial charge is 0.278 e. The topological polar surface area (TPSA) is 117 Å². The Hall–Kier alpha value is -3.82. The van der Waals surface area contributed by atoms with Gasteiger partial charge in [0.05, 0.1) is 33.4 Å². The zero-order valence-corrected chi connectivity index (χ0v) is 14.8. The first-order chi connectivity index (χ1) is 12.9. The van der Waals surface area contributed by atoms with Crippen LogP contribution >= 0.6 is 0 Å². The van der Waals surface area contributed by atoms with Gasteiger partial charge in [-0.05, 0) is 12.1 Å². The van der Waals surface area contributed by atoms with E-state index in [0.717, 1.165) is 0 Å². The largest absolute Gasteiger partial charge is 0.279 e. The number of nitro groups is 2. The number of nitro benzene ring substituents is 2. The van der Waals surface area contributed by atoms with E-state index in [4.69, 9.17) is 0 Å². The van der Waals surface area contributed by atoms with Crippen LogP contribution < -0.4 is 0 Å². The molecule has 0 saturated heterocycles. The van der Waals surface area contributed by atoms with E-state index in [2.05, 4.69) is 10.2 Å². The Balaban J connectivity index is 2.01. The summed E-state index contributed by atoms with van der Waals surface area (Å²) >= 11 is 0. The summed E-state index contributed by atoms with van der Waals surface area (Å²) in [5, 5.41) is 33.4. The second kappa shape index (κ2) is 9.04. The van der Waals surface area contributed by atoms with Gasteiger partial charge < -0.3 is 0 Å². The molecule has 0 aliphatic carbocycles. The normalized spacial score (nSPS) is 11.0.